The number of hydrogen-bond acceptors (Lipinski definition) is 8. The van der Waals surface area contributed by atoms with E-state index in [0.29, 0.717) is 16.5 Å². The van der Waals surface area contributed by atoms with Crippen LogP contribution in [0.15, 0.2) is 35.0 Å². The van der Waals surface area contributed by atoms with Gasteiger partial charge < -0.3 is 39.4 Å². The summed E-state index contributed by atoms with van der Waals surface area (Å²) in [5, 5.41) is 48.5. The Morgan fingerprint density at radius 3 is 2.65 bits per heavy atom. The molecule has 0 spiro atoms. The average Bonchev–Trinajstić information content (AvgIpc) is 3.07. The summed E-state index contributed by atoms with van der Waals surface area (Å²) in [6.45, 7) is -0.589. The topological polar surface area (TPSA) is 150 Å². The number of carboxylic acids is 1. The third-order valence-corrected chi connectivity index (χ3v) is 4.08. The van der Waals surface area contributed by atoms with E-state index in [1.165, 1.54) is 18.4 Å². The van der Waals surface area contributed by atoms with Gasteiger partial charge in [0.05, 0.1) is 12.9 Å². The van der Waals surface area contributed by atoms with E-state index in [-0.39, 0.29) is 5.75 Å². The van der Waals surface area contributed by atoms with Crippen molar-refractivity contribution in [2.75, 3.05) is 6.61 Å². The quantitative estimate of drug-likeness (QED) is 0.450. The zero-order valence-electron chi connectivity index (χ0n) is 13.4. The van der Waals surface area contributed by atoms with E-state index in [9.17, 15) is 25.2 Å². The van der Waals surface area contributed by atoms with Crippen LogP contribution in [-0.2, 0) is 9.53 Å². The Labute approximate surface area is 147 Å². The molecule has 0 bridgehead atoms. The highest BCUT2D eigenvalue weighted by molar-refractivity contribution is 5.89. The lowest BCUT2D eigenvalue weighted by atomic mass is 9.99. The Hall–Kier alpha value is -2.43. The van der Waals surface area contributed by atoms with Crippen molar-refractivity contribution in [1.82, 2.24) is 0 Å². The van der Waals surface area contributed by atoms with Gasteiger partial charge >= 0.3 is 5.97 Å². The number of carbonyl (C=O) groups is 1. The number of hydrogen-bond donors (Lipinski definition) is 5. The Bertz CT molecular complexity index is 810. The van der Waals surface area contributed by atoms with Crippen LogP contribution in [0.5, 0.6) is 5.75 Å². The van der Waals surface area contributed by atoms with Gasteiger partial charge in [0, 0.05) is 23.1 Å². The van der Waals surface area contributed by atoms with Gasteiger partial charge in [-0.2, -0.15) is 0 Å². The maximum Gasteiger partial charge on any atom is 0.328 e. The lowest BCUT2D eigenvalue weighted by molar-refractivity contribution is -0.277. The van der Waals surface area contributed by atoms with Crippen LogP contribution in [0, 0.1) is 0 Å². The maximum atomic E-state index is 10.8. The molecule has 0 aliphatic carbocycles. The van der Waals surface area contributed by atoms with Gasteiger partial charge in [0.2, 0.25) is 6.29 Å². The zero-order valence-corrected chi connectivity index (χ0v) is 13.4. The SMILES string of the molecule is O=C(O)/C=C/c1cc2ccoc2cc1OC1OC(CO)C(O)C(O)C1O. The third-order valence-electron chi connectivity index (χ3n) is 4.08. The Kier molecular flexibility index (Phi) is 5.25. The second kappa shape index (κ2) is 7.44. The molecule has 1 aromatic heterocycles. The van der Waals surface area contributed by atoms with Crippen molar-refractivity contribution in [3.05, 3.63) is 36.1 Å². The monoisotopic (exact) mass is 366 g/mol. The van der Waals surface area contributed by atoms with Crippen LogP contribution in [0.25, 0.3) is 17.0 Å². The van der Waals surface area contributed by atoms with Crippen molar-refractivity contribution in [1.29, 1.82) is 0 Å². The van der Waals surface area contributed by atoms with Gasteiger partial charge in [0.15, 0.2) is 0 Å². The summed E-state index contributed by atoms with van der Waals surface area (Å²) in [6.07, 6.45) is -3.53. The maximum absolute atomic E-state index is 10.8. The first kappa shape index (κ1) is 18.4. The number of aliphatic carboxylic acids is 1. The summed E-state index contributed by atoms with van der Waals surface area (Å²) < 4.78 is 16.2. The lowest BCUT2D eigenvalue weighted by Gasteiger charge is -2.39. The van der Waals surface area contributed by atoms with Crippen LogP contribution < -0.4 is 4.74 Å². The molecular formula is C17H18O9. The van der Waals surface area contributed by atoms with Crippen LogP contribution in [0.1, 0.15) is 5.56 Å². The standard InChI is InChI=1S/C17H18O9/c18-7-12-14(21)15(22)16(23)17(26-12)25-11-6-10-9(3-4-24-10)5-8(11)1-2-13(19)20/h1-6,12,14-18,21-23H,7H2,(H,19,20)/b2-1+. The minimum atomic E-state index is -1.59. The Morgan fingerprint density at radius 2 is 1.96 bits per heavy atom. The molecule has 5 N–H and O–H groups in total. The van der Waals surface area contributed by atoms with E-state index < -0.39 is 43.3 Å². The summed E-state index contributed by atoms with van der Waals surface area (Å²) in [4.78, 5) is 10.8. The molecule has 2 aromatic rings. The van der Waals surface area contributed by atoms with Gasteiger partial charge in [-0.3, -0.25) is 0 Å². The molecule has 140 valence electrons. The normalized spacial score (nSPS) is 29.3. The van der Waals surface area contributed by atoms with Crippen molar-refractivity contribution >= 4 is 23.0 Å². The molecule has 0 amide bonds. The van der Waals surface area contributed by atoms with E-state index in [4.69, 9.17) is 19.0 Å². The molecule has 1 fully saturated rings. The highest BCUT2D eigenvalue weighted by Gasteiger charge is 2.44. The molecule has 26 heavy (non-hydrogen) atoms. The molecule has 1 saturated heterocycles. The van der Waals surface area contributed by atoms with E-state index in [1.807, 2.05) is 0 Å². The molecule has 0 radical (unpaired) electrons. The molecule has 1 aromatic carbocycles. The highest BCUT2D eigenvalue weighted by Crippen LogP contribution is 2.31. The van der Waals surface area contributed by atoms with Crippen LogP contribution in [0.2, 0.25) is 0 Å². The first-order valence-electron chi connectivity index (χ1n) is 7.80. The van der Waals surface area contributed by atoms with Gasteiger partial charge in [0.25, 0.3) is 0 Å². The number of aliphatic hydroxyl groups excluding tert-OH is 4. The number of furan rings is 1. The molecule has 5 atom stereocenters. The first-order chi connectivity index (χ1) is 12.4. The average molecular weight is 366 g/mol. The number of ether oxygens (including phenoxy) is 2. The number of benzene rings is 1. The third kappa shape index (κ3) is 3.57. The van der Waals surface area contributed by atoms with Gasteiger partial charge in [-0.05, 0) is 18.2 Å². The minimum absolute atomic E-state index is 0.134. The number of fused-ring (bicyclic) bond motifs is 1. The molecule has 3 rings (SSSR count). The molecule has 9 heteroatoms. The van der Waals surface area contributed by atoms with Crippen LogP contribution >= 0.6 is 0 Å². The Morgan fingerprint density at radius 1 is 1.19 bits per heavy atom. The van der Waals surface area contributed by atoms with Gasteiger partial charge in [-0.1, -0.05) is 0 Å². The smallest absolute Gasteiger partial charge is 0.328 e. The number of carboxylic acid groups (broad SMARTS) is 1. The summed E-state index contributed by atoms with van der Waals surface area (Å²) in [6, 6.07) is 4.79. The summed E-state index contributed by atoms with van der Waals surface area (Å²) in [5.41, 5.74) is 0.829. The minimum Gasteiger partial charge on any atom is -0.478 e. The molecule has 0 saturated carbocycles. The molecule has 1 aliphatic rings. The van der Waals surface area contributed by atoms with Crippen molar-refractivity contribution in [2.24, 2.45) is 0 Å². The van der Waals surface area contributed by atoms with Gasteiger partial charge in [0.1, 0.15) is 35.7 Å². The lowest BCUT2D eigenvalue weighted by Crippen LogP contribution is -2.60. The molecule has 5 unspecified atom stereocenters. The van der Waals surface area contributed by atoms with Crippen LogP contribution in [0.4, 0.5) is 0 Å². The van der Waals surface area contributed by atoms with Crippen molar-refractivity contribution < 1.29 is 44.2 Å². The predicted molar refractivity (Wildman–Crippen MR) is 87.3 cm³/mol. The summed E-state index contributed by atoms with van der Waals surface area (Å²) >= 11 is 0. The molecule has 2 heterocycles. The fourth-order valence-corrected chi connectivity index (χ4v) is 2.69. The van der Waals surface area contributed by atoms with E-state index >= 15 is 0 Å². The van der Waals surface area contributed by atoms with Crippen molar-refractivity contribution in [3.8, 4) is 5.75 Å². The van der Waals surface area contributed by atoms with Gasteiger partial charge in [-0.25, -0.2) is 4.79 Å². The number of rotatable bonds is 5. The highest BCUT2D eigenvalue weighted by atomic mass is 16.7. The zero-order chi connectivity index (χ0) is 18.8. The summed E-state index contributed by atoms with van der Waals surface area (Å²) in [5.74, 6) is -1.02. The Balaban J connectivity index is 1.93. The second-order valence-electron chi connectivity index (χ2n) is 5.84. The summed E-state index contributed by atoms with van der Waals surface area (Å²) in [7, 11) is 0. The van der Waals surface area contributed by atoms with Crippen LogP contribution in [0.3, 0.4) is 0 Å². The van der Waals surface area contributed by atoms with Crippen molar-refractivity contribution in [2.45, 2.75) is 30.7 Å². The van der Waals surface area contributed by atoms with E-state index in [1.54, 1.807) is 12.1 Å². The molecule has 9 nitrogen and oxygen atoms in total. The van der Waals surface area contributed by atoms with Crippen LogP contribution in [-0.4, -0.2) is 68.8 Å². The van der Waals surface area contributed by atoms with Gasteiger partial charge in [-0.15, -0.1) is 0 Å². The second-order valence-corrected chi connectivity index (χ2v) is 5.84. The van der Waals surface area contributed by atoms with E-state index in [0.717, 1.165) is 6.08 Å². The number of aliphatic hydroxyl groups is 4. The fraction of sp³-hybridized carbons (Fsp3) is 0.353. The predicted octanol–water partition coefficient (Wildman–Crippen LogP) is -0.291. The largest absolute Gasteiger partial charge is 0.478 e. The molecule has 1 aliphatic heterocycles. The van der Waals surface area contributed by atoms with Crippen molar-refractivity contribution in [3.63, 3.8) is 0 Å². The van der Waals surface area contributed by atoms with E-state index in [2.05, 4.69) is 0 Å². The fourth-order valence-electron chi connectivity index (χ4n) is 2.69. The first-order valence-corrected chi connectivity index (χ1v) is 7.80. The molecular weight excluding hydrogens is 348 g/mol.